The third-order valence-electron chi connectivity index (χ3n) is 5.14. The number of ether oxygens (including phenoxy) is 2. The van der Waals surface area contributed by atoms with Gasteiger partial charge in [0.25, 0.3) is 5.91 Å². The molecule has 1 aliphatic rings. The highest BCUT2D eigenvalue weighted by atomic mass is 16.6. The predicted octanol–water partition coefficient (Wildman–Crippen LogP) is 4.01. The van der Waals surface area contributed by atoms with Crippen molar-refractivity contribution in [2.45, 2.75) is 71.1 Å². The fourth-order valence-corrected chi connectivity index (χ4v) is 3.69. The van der Waals surface area contributed by atoms with Crippen LogP contribution in [0.3, 0.4) is 0 Å². The summed E-state index contributed by atoms with van der Waals surface area (Å²) in [5.74, 6) is -0.332. The highest BCUT2D eigenvalue weighted by Gasteiger charge is 2.26. The number of carbonyl (C=O) groups is 2. The maximum absolute atomic E-state index is 12.7. The van der Waals surface area contributed by atoms with Crippen LogP contribution in [0.4, 0.5) is 0 Å². The van der Waals surface area contributed by atoms with Gasteiger partial charge in [-0.1, -0.05) is 0 Å². The van der Waals surface area contributed by atoms with Gasteiger partial charge < -0.3 is 19.2 Å². The summed E-state index contributed by atoms with van der Waals surface area (Å²) in [5.41, 5.74) is 1.33. The van der Waals surface area contributed by atoms with E-state index in [1.165, 1.54) is 0 Å². The molecular formula is C23H28N2O5. The molecule has 0 atom stereocenters. The van der Waals surface area contributed by atoms with E-state index in [0.717, 1.165) is 36.6 Å². The average molecular weight is 412 g/mol. The Morgan fingerprint density at radius 1 is 1.23 bits per heavy atom. The Balaban J connectivity index is 1.51. The summed E-state index contributed by atoms with van der Waals surface area (Å²) in [6.45, 7) is 7.24. The number of hydrogen-bond acceptors (Lipinski definition) is 6. The molecule has 1 heterocycles. The maximum Gasteiger partial charge on any atom is 0.332 e. The quantitative estimate of drug-likeness (QED) is 0.745. The van der Waals surface area contributed by atoms with Crippen LogP contribution < -0.4 is 5.32 Å². The Labute approximate surface area is 176 Å². The Hall–Kier alpha value is -2.85. The van der Waals surface area contributed by atoms with E-state index in [2.05, 4.69) is 11.4 Å². The molecule has 1 fully saturated rings. The van der Waals surface area contributed by atoms with Crippen LogP contribution in [0.1, 0.15) is 68.1 Å². The number of rotatable bonds is 5. The van der Waals surface area contributed by atoms with Crippen LogP contribution in [-0.2, 0) is 14.3 Å². The number of carbonyl (C=O) groups excluding carboxylic acids is 2. The first-order valence-corrected chi connectivity index (χ1v) is 10.2. The molecule has 0 radical (unpaired) electrons. The molecule has 7 nitrogen and oxygen atoms in total. The highest BCUT2D eigenvalue weighted by molar-refractivity contribution is 5.99. The van der Waals surface area contributed by atoms with Crippen LogP contribution in [0, 0.1) is 18.3 Å². The van der Waals surface area contributed by atoms with Crippen LogP contribution in [-0.4, -0.2) is 36.2 Å². The largest absolute Gasteiger partial charge is 0.458 e. The number of amides is 1. The van der Waals surface area contributed by atoms with Gasteiger partial charge in [-0.15, -0.1) is 0 Å². The number of hydrogen-bond donors (Lipinski definition) is 1. The lowest BCUT2D eigenvalue weighted by molar-refractivity contribution is -0.162. The van der Waals surface area contributed by atoms with Gasteiger partial charge in [0, 0.05) is 17.0 Å². The van der Waals surface area contributed by atoms with E-state index >= 15 is 0 Å². The van der Waals surface area contributed by atoms with E-state index in [4.69, 9.17) is 19.2 Å². The summed E-state index contributed by atoms with van der Waals surface area (Å²) < 4.78 is 16.7. The zero-order valence-corrected chi connectivity index (χ0v) is 17.9. The zero-order chi connectivity index (χ0) is 21.9. The molecule has 0 spiro atoms. The normalized spacial score (nSPS) is 19.3. The van der Waals surface area contributed by atoms with Crippen LogP contribution >= 0.6 is 0 Å². The Bertz CT molecular complexity index is 972. The second-order valence-electron chi connectivity index (χ2n) is 8.72. The Morgan fingerprint density at radius 2 is 1.93 bits per heavy atom. The molecule has 7 heteroatoms. The molecule has 0 saturated heterocycles. The lowest BCUT2D eigenvalue weighted by Crippen LogP contribution is -2.39. The average Bonchev–Trinajstić information content (AvgIpc) is 3.02. The SMILES string of the molecule is Cc1c(C(=O)NC2CCC(OCC(=O)OC(C)(C)C)CC2)oc2ccc(C#N)cc12. The zero-order valence-electron chi connectivity index (χ0n) is 17.9. The number of fused-ring (bicyclic) bond motifs is 1. The van der Waals surface area contributed by atoms with E-state index in [9.17, 15) is 9.59 Å². The van der Waals surface area contributed by atoms with Crippen molar-refractivity contribution < 1.29 is 23.5 Å². The minimum atomic E-state index is -0.520. The predicted molar refractivity (Wildman–Crippen MR) is 111 cm³/mol. The van der Waals surface area contributed by atoms with Crippen LogP contribution in [0.5, 0.6) is 0 Å². The number of nitrogens with one attached hydrogen (secondary N) is 1. The third-order valence-corrected chi connectivity index (χ3v) is 5.14. The molecule has 1 aromatic carbocycles. The second-order valence-corrected chi connectivity index (χ2v) is 8.72. The molecular weight excluding hydrogens is 384 g/mol. The van der Waals surface area contributed by atoms with Crippen molar-refractivity contribution in [3.63, 3.8) is 0 Å². The number of nitriles is 1. The van der Waals surface area contributed by atoms with Crippen molar-refractivity contribution in [3.8, 4) is 6.07 Å². The molecule has 3 rings (SSSR count). The number of nitrogens with zero attached hydrogens (tertiary/aromatic N) is 1. The van der Waals surface area contributed by atoms with Crippen molar-refractivity contribution in [2.75, 3.05) is 6.61 Å². The fourth-order valence-electron chi connectivity index (χ4n) is 3.69. The van der Waals surface area contributed by atoms with Crippen LogP contribution in [0.15, 0.2) is 22.6 Å². The molecule has 1 aliphatic carbocycles. The molecule has 1 aromatic heterocycles. The minimum Gasteiger partial charge on any atom is -0.458 e. The van der Waals surface area contributed by atoms with Gasteiger partial charge in [-0.25, -0.2) is 4.79 Å². The van der Waals surface area contributed by atoms with E-state index < -0.39 is 5.60 Å². The topological polar surface area (TPSA) is 102 Å². The van der Waals surface area contributed by atoms with Crippen molar-refractivity contribution in [3.05, 3.63) is 35.1 Å². The Kier molecular flexibility index (Phi) is 6.47. The first kappa shape index (κ1) is 21.8. The summed E-state index contributed by atoms with van der Waals surface area (Å²) in [6.07, 6.45) is 3.05. The smallest absolute Gasteiger partial charge is 0.332 e. The molecule has 0 aliphatic heterocycles. The van der Waals surface area contributed by atoms with Gasteiger partial charge in [0.2, 0.25) is 0 Å². The van der Waals surface area contributed by atoms with Gasteiger partial charge in [0.1, 0.15) is 17.8 Å². The standard InChI is InChI=1S/C23H28N2O5/c1-14-18-11-15(12-24)5-10-19(18)29-21(14)22(27)25-16-6-8-17(9-7-16)28-13-20(26)30-23(2,3)4/h5,10-11,16-17H,6-9,13H2,1-4H3,(H,25,27). The van der Waals surface area contributed by atoms with E-state index in [0.29, 0.717) is 11.1 Å². The first-order chi connectivity index (χ1) is 14.2. The Morgan fingerprint density at radius 3 is 2.57 bits per heavy atom. The van der Waals surface area contributed by atoms with Crippen LogP contribution in [0.2, 0.25) is 0 Å². The number of furan rings is 1. The van der Waals surface area contributed by atoms with Crippen molar-refractivity contribution in [1.29, 1.82) is 5.26 Å². The minimum absolute atomic E-state index is 0.0111. The second kappa shape index (κ2) is 8.88. The number of esters is 1. The molecule has 1 amide bonds. The summed E-state index contributed by atoms with van der Waals surface area (Å²) in [5, 5.41) is 12.9. The van der Waals surface area contributed by atoms with Gasteiger partial charge >= 0.3 is 5.97 Å². The summed E-state index contributed by atoms with van der Waals surface area (Å²) in [7, 11) is 0. The molecule has 1 N–H and O–H groups in total. The van der Waals surface area contributed by atoms with Gasteiger partial charge in [-0.2, -0.15) is 5.26 Å². The highest BCUT2D eigenvalue weighted by Crippen LogP contribution is 2.27. The summed E-state index contributed by atoms with van der Waals surface area (Å²) in [4.78, 5) is 24.5. The number of aryl methyl sites for hydroxylation is 1. The molecule has 0 bridgehead atoms. The monoisotopic (exact) mass is 412 g/mol. The summed E-state index contributed by atoms with van der Waals surface area (Å²) in [6, 6.07) is 7.25. The molecule has 1 saturated carbocycles. The fraction of sp³-hybridized carbons (Fsp3) is 0.522. The molecule has 0 unspecified atom stereocenters. The maximum atomic E-state index is 12.7. The lowest BCUT2D eigenvalue weighted by atomic mass is 9.93. The van der Waals surface area contributed by atoms with Crippen molar-refractivity contribution in [2.24, 2.45) is 0 Å². The lowest BCUT2D eigenvalue weighted by Gasteiger charge is -2.29. The van der Waals surface area contributed by atoms with Crippen molar-refractivity contribution >= 4 is 22.8 Å². The first-order valence-electron chi connectivity index (χ1n) is 10.2. The van der Waals surface area contributed by atoms with Crippen LogP contribution in [0.25, 0.3) is 11.0 Å². The van der Waals surface area contributed by atoms with Gasteiger partial charge in [0.15, 0.2) is 5.76 Å². The third kappa shape index (κ3) is 5.39. The van der Waals surface area contributed by atoms with Crippen molar-refractivity contribution in [1.82, 2.24) is 5.32 Å². The molecule has 2 aromatic rings. The van der Waals surface area contributed by atoms with E-state index in [1.54, 1.807) is 18.2 Å². The van der Waals surface area contributed by atoms with E-state index in [1.807, 2.05) is 27.7 Å². The number of benzene rings is 1. The van der Waals surface area contributed by atoms with Gasteiger partial charge in [0.05, 0.1) is 17.7 Å². The van der Waals surface area contributed by atoms with Gasteiger partial charge in [-0.3, -0.25) is 4.79 Å². The van der Waals surface area contributed by atoms with E-state index in [-0.39, 0.29) is 36.4 Å². The van der Waals surface area contributed by atoms with Gasteiger partial charge in [-0.05, 0) is 71.6 Å². The molecule has 160 valence electrons. The molecule has 30 heavy (non-hydrogen) atoms. The summed E-state index contributed by atoms with van der Waals surface area (Å²) >= 11 is 0.